The number of carbonyl (C=O) groups is 1. The largest absolute Gasteiger partial charge is 0.497 e. The van der Waals surface area contributed by atoms with Crippen LogP contribution in [0.3, 0.4) is 0 Å². The Labute approximate surface area is 152 Å². The highest BCUT2D eigenvalue weighted by Gasteiger charge is 2.16. The van der Waals surface area contributed by atoms with Crippen molar-refractivity contribution in [2.75, 3.05) is 14.2 Å². The minimum Gasteiger partial charge on any atom is -0.497 e. The number of thiazole rings is 1. The molecule has 136 valence electrons. The van der Waals surface area contributed by atoms with E-state index in [1.54, 1.807) is 29.7 Å². The van der Waals surface area contributed by atoms with Gasteiger partial charge in [-0.1, -0.05) is 11.3 Å². The van der Waals surface area contributed by atoms with Crippen molar-refractivity contribution in [3.63, 3.8) is 0 Å². The Morgan fingerprint density at radius 2 is 1.96 bits per heavy atom. The molecule has 8 heteroatoms. The van der Waals surface area contributed by atoms with E-state index >= 15 is 0 Å². The summed E-state index contributed by atoms with van der Waals surface area (Å²) in [7, 11) is 2.95. The Hall–Kier alpha value is -2.74. The number of amides is 1. The van der Waals surface area contributed by atoms with Crippen LogP contribution in [0.25, 0.3) is 10.2 Å². The second-order valence-corrected chi connectivity index (χ2v) is 6.36. The van der Waals surface area contributed by atoms with Gasteiger partial charge in [-0.2, -0.15) is 4.99 Å². The Kier molecular flexibility index (Phi) is 5.03. The van der Waals surface area contributed by atoms with Crippen LogP contribution in [-0.2, 0) is 6.54 Å². The van der Waals surface area contributed by atoms with Gasteiger partial charge in [0.2, 0.25) is 0 Å². The Balaban J connectivity index is 2.16. The first-order valence-corrected chi connectivity index (χ1v) is 8.59. The number of fused-ring (bicyclic) bond motifs is 1. The van der Waals surface area contributed by atoms with E-state index in [9.17, 15) is 13.6 Å². The van der Waals surface area contributed by atoms with Gasteiger partial charge in [-0.15, -0.1) is 0 Å². The van der Waals surface area contributed by atoms with E-state index in [0.29, 0.717) is 22.7 Å². The summed E-state index contributed by atoms with van der Waals surface area (Å²) in [4.78, 5) is 17.0. The van der Waals surface area contributed by atoms with E-state index in [-0.39, 0.29) is 15.9 Å². The predicted molar refractivity (Wildman–Crippen MR) is 94.8 cm³/mol. The lowest BCUT2D eigenvalue weighted by atomic mass is 10.2. The highest BCUT2D eigenvalue weighted by Crippen LogP contribution is 2.26. The van der Waals surface area contributed by atoms with Gasteiger partial charge in [0.05, 0.1) is 30.0 Å². The maximum atomic E-state index is 14.2. The zero-order chi connectivity index (χ0) is 18.8. The van der Waals surface area contributed by atoms with E-state index in [1.165, 1.54) is 20.3 Å². The van der Waals surface area contributed by atoms with E-state index in [1.807, 2.05) is 0 Å². The molecule has 0 bridgehead atoms. The molecule has 1 heterocycles. The normalized spacial score (nSPS) is 11.8. The monoisotopic (exact) mass is 378 g/mol. The average molecular weight is 378 g/mol. The van der Waals surface area contributed by atoms with Crippen LogP contribution in [0.1, 0.15) is 17.3 Å². The molecule has 0 fully saturated rings. The number of benzene rings is 2. The summed E-state index contributed by atoms with van der Waals surface area (Å²) in [5.41, 5.74) is 0.479. The Morgan fingerprint density at radius 1 is 1.19 bits per heavy atom. The van der Waals surface area contributed by atoms with E-state index < -0.39 is 17.5 Å². The summed E-state index contributed by atoms with van der Waals surface area (Å²) < 4.78 is 39.9. The number of aromatic nitrogens is 1. The topological polar surface area (TPSA) is 52.8 Å². The van der Waals surface area contributed by atoms with Crippen molar-refractivity contribution in [1.29, 1.82) is 0 Å². The molecule has 0 atom stereocenters. The molecular formula is C18H16F2N2O3S. The molecule has 1 amide bonds. The lowest BCUT2D eigenvalue weighted by Gasteiger charge is -2.07. The second-order valence-electron chi connectivity index (χ2n) is 5.35. The number of methoxy groups -OCH3 is 2. The lowest BCUT2D eigenvalue weighted by Crippen LogP contribution is -2.16. The average Bonchev–Trinajstić information content (AvgIpc) is 2.97. The molecule has 0 spiro atoms. The Bertz CT molecular complexity index is 1060. The molecule has 26 heavy (non-hydrogen) atoms. The molecule has 0 aliphatic rings. The van der Waals surface area contributed by atoms with Gasteiger partial charge in [0, 0.05) is 18.7 Å². The number of nitrogens with zero attached hydrogens (tertiary/aromatic N) is 2. The maximum Gasteiger partial charge on any atom is 0.283 e. The van der Waals surface area contributed by atoms with Crippen molar-refractivity contribution >= 4 is 27.5 Å². The molecule has 3 rings (SSSR count). The number of rotatable bonds is 4. The molecule has 2 aromatic carbocycles. The van der Waals surface area contributed by atoms with Crippen LogP contribution in [0.15, 0.2) is 35.3 Å². The standard InChI is InChI=1S/C18H16F2N2O3S/c1-4-22-16-13(20)7-10(19)8-15(16)26-18(22)21-17(23)12-6-5-11(24-2)9-14(12)25-3/h5-9H,4H2,1-3H3. The third-order valence-electron chi connectivity index (χ3n) is 3.85. The summed E-state index contributed by atoms with van der Waals surface area (Å²) >= 11 is 1.05. The fourth-order valence-electron chi connectivity index (χ4n) is 2.63. The number of ether oxygens (including phenoxy) is 2. The predicted octanol–water partition coefficient (Wildman–Crippen LogP) is 3.76. The van der Waals surface area contributed by atoms with Crippen LogP contribution < -0.4 is 14.3 Å². The fraction of sp³-hybridized carbons (Fsp3) is 0.222. The van der Waals surface area contributed by atoms with Gasteiger partial charge in [0.1, 0.15) is 17.3 Å². The SMILES string of the molecule is CCn1c(=NC(=O)c2ccc(OC)cc2OC)sc2cc(F)cc(F)c21. The van der Waals surface area contributed by atoms with Gasteiger partial charge < -0.3 is 14.0 Å². The molecule has 0 saturated heterocycles. The number of hydrogen-bond donors (Lipinski definition) is 0. The Morgan fingerprint density at radius 3 is 2.62 bits per heavy atom. The summed E-state index contributed by atoms with van der Waals surface area (Å²) in [6.45, 7) is 2.18. The van der Waals surface area contributed by atoms with Crippen LogP contribution in [0, 0.1) is 11.6 Å². The first kappa shape index (κ1) is 18.1. The van der Waals surface area contributed by atoms with Gasteiger partial charge in [-0.05, 0) is 25.1 Å². The van der Waals surface area contributed by atoms with Crippen molar-refractivity contribution in [2.45, 2.75) is 13.5 Å². The molecule has 0 radical (unpaired) electrons. The van der Waals surface area contributed by atoms with Gasteiger partial charge in [-0.25, -0.2) is 8.78 Å². The van der Waals surface area contributed by atoms with Crippen LogP contribution in [-0.4, -0.2) is 24.7 Å². The smallest absolute Gasteiger partial charge is 0.283 e. The fourth-order valence-corrected chi connectivity index (χ4v) is 3.76. The first-order chi connectivity index (χ1) is 12.5. The van der Waals surface area contributed by atoms with E-state index in [4.69, 9.17) is 9.47 Å². The van der Waals surface area contributed by atoms with Crippen LogP contribution in [0.5, 0.6) is 11.5 Å². The van der Waals surface area contributed by atoms with Crippen LogP contribution in [0.4, 0.5) is 8.78 Å². The summed E-state index contributed by atoms with van der Waals surface area (Å²) in [5.74, 6) is -1.04. The quantitative estimate of drug-likeness (QED) is 0.695. The van der Waals surface area contributed by atoms with E-state index in [2.05, 4.69) is 4.99 Å². The molecule has 0 aliphatic carbocycles. The zero-order valence-corrected chi connectivity index (χ0v) is 15.2. The molecule has 5 nitrogen and oxygen atoms in total. The minimum atomic E-state index is -0.686. The summed E-state index contributed by atoms with van der Waals surface area (Å²) in [6, 6.07) is 6.80. The van der Waals surface area contributed by atoms with E-state index in [0.717, 1.165) is 17.4 Å². The van der Waals surface area contributed by atoms with Crippen molar-refractivity contribution in [3.05, 3.63) is 52.3 Å². The highest BCUT2D eigenvalue weighted by molar-refractivity contribution is 7.16. The lowest BCUT2D eigenvalue weighted by molar-refractivity contribution is 0.0995. The second kappa shape index (κ2) is 7.25. The molecule has 0 saturated carbocycles. The zero-order valence-electron chi connectivity index (χ0n) is 14.4. The van der Waals surface area contributed by atoms with Crippen molar-refractivity contribution in [3.8, 4) is 11.5 Å². The number of halogens is 2. The van der Waals surface area contributed by atoms with Crippen molar-refractivity contribution < 1.29 is 23.0 Å². The number of hydrogen-bond acceptors (Lipinski definition) is 4. The molecular weight excluding hydrogens is 362 g/mol. The number of aryl methyl sites for hydroxylation is 1. The number of carbonyl (C=O) groups excluding carboxylic acids is 1. The van der Waals surface area contributed by atoms with Gasteiger partial charge in [0.15, 0.2) is 10.6 Å². The third-order valence-corrected chi connectivity index (χ3v) is 4.87. The minimum absolute atomic E-state index is 0.229. The van der Waals surface area contributed by atoms with Gasteiger partial charge in [0.25, 0.3) is 5.91 Å². The third kappa shape index (κ3) is 3.20. The summed E-state index contributed by atoms with van der Waals surface area (Å²) in [6.07, 6.45) is 0. The highest BCUT2D eigenvalue weighted by atomic mass is 32.1. The maximum absolute atomic E-state index is 14.2. The first-order valence-electron chi connectivity index (χ1n) is 7.78. The summed E-state index contributed by atoms with van der Waals surface area (Å²) in [5, 5.41) is 0. The van der Waals surface area contributed by atoms with Gasteiger partial charge >= 0.3 is 0 Å². The van der Waals surface area contributed by atoms with Gasteiger partial charge in [-0.3, -0.25) is 4.79 Å². The van der Waals surface area contributed by atoms with Crippen molar-refractivity contribution in [1.82, 2.24) is 4.57 Å². The molecule has 1 aromatic heterocycles. The van der Waals surface area contributed by atoms with Crippen LogP contribution >= 0.6 is 11.3 Å². The molecule has 0 N–H and O–H groups in total. The molecule has 0 aliphatic heterocycles. The van der Waals surface area contributed by atoms with Crippen LogP contribution in [0.2, 0.25) is 0 Å². The molecule has 3 aromatic rings. The van der Waals surface area contributed by atoms with Crippen molar-refractivity contribution in [2.24, 2.45) is 4.99 Å². The molecule has 0 unspecified atom stereocenters.